The largest absolute Gasteiger partial charge is 0.300 e. The smallest absolute Gasteiger partial charge is 0.133 e. The van der Waals surface area contributed by atoms with E-state index in [4.69, 9.17) is 0 Å². The second kappa shape index (κ2) is 6.05. The van der Waals surface area contributed by atoms with Crippen molar-refractivity contribution in [1.82, 2.24) is 0 Å². The van der Waals surface area contributed by atoms with E-state index in [9.17, 15) is 4.79 Å². The highest BCUT2D eigenvalue weighted by Crippen LogP contribution is 2.36. The van der Waals surface area contributed by atoms with E-state index in [1.165, 1.54) is 25.7 Å². The second-order valence-electron chi connectivity index (χ2n) is 6.75. The molecule has 0 heterocycles. The van der Waals surface area contributed by atoms with Gasteiger partial charge < -0.3 is 0 Å². The van der Waals surface area contributed by atoms with E-state index >= 15 is 0 Å². The number of Topliss-reactive ketones (excluding diaryl/α,β-unsaturated/α-hetero) is 1. The molecule has 16 heavy (non-hydrogen) atoms. The molecule has 2 heteroatoms. The highest BCUT2D eigenvalue weighted by Gasteiger charge is 2.28. The van der Waals surface area contributed by atoms with Gasteiger partial charge in [0.2, 0.25) is 0 Å². The molecule has 2 fully saturated rings. The molecule has 0 spiro atoms. The highest BCUT2D eigenvalue weighted by molar-refractivity contribution is 5.85. The molecule has 2 saturated carbocycles. The molecule has 0 unspecified atom stereocenters. The van der Waals surface area contributed by atoms with Gasteiger partial charge in [0, 0.05) is 12.8 Å². The van der Waals surface area contributed by atoms with Crippen molar-refractivity contribution in [3.63, 3.8) is 0 Å². The Morgan fingerprint density at radius 1 is 0.875 bits per heavy atom. The van der Waals surface area contributed by atoms with Crippen molar-refractivity contribution in [2.45, 2.75) is 72.6 Å². The maximum atomic E-state index is 10.7. The van der Waals surface area contributed by atoms with Crippen LogP contribution in [-0.4, -0.2) is 5.78 Å². The first kappa shape index (κ1) is 16.0. The minimum absolute atomic E-state index is 0. The summed E-state index contributed by atoms with van der Waals surface area (Å²) in [6.07, 6.45) is 8.53. The fraction of sp³-hybridized carbons (Fsp3) is 0.929. The Hall–Kier alpha value is -0.0400. The zero-order valence-corrected chi connectivity index (χ0v) is 12.1. The molecule has 1 nitrogen and oxygen atoms in total. The predicted molar refractivity (Wildman–Crippen MR) is 72.1 cm³/mol. The van der Waals surface area contributed by atoms with Crippen molar-refractivity contribution in [1.29, 1.82) is 0 Å². The normalized spacial score (nSPS) is 25.6. The highest BCUT2D eigenvalue weighted by atomic mass is 35.5. The van der Waals surface area contributed by atoms with Gasteiger partial charge in [0.25, 0.3) is 0 Å². The lowest BCUT2D eigenvalue weighted by atomic mass is 9.92. The number of carbonyl (C=O) groups is 1. The molecular weight excluding hydrogens is 220 g/mol. The molecule has 0 bridgehead atoms. The van der Waals surface area contributed by atoms with Crippen molar-refractivity contribution in [2.24, 2.45) is 10.8 Å². The van der Waals surface area contributed by atoms with Crippen LogP contribution in [0, 0.1) is 10.8 Å². The number of carbonyl (C=O) groups excluding carboxylic acids is 1. The predicted octanol–water partition coefficient (Wildman–Crippen LogP) is 4.77. The molecule has 2 aliphatic carbocycles. The van der Waals surface area contributed by atoms with Gasteiger partial charge in [0.05, 0.1) is 0 Å². The molecule has 2 aliphatic rings. The van der Waals surface area contributed by atoms with Gasteiger partial charge in [-0.2, -0.15) is 0 Å². The number of hydrogen-bond donors (Lipinski definition) is 0. The van der Waals surface area contributed by atoms with Crippen LogP contribution >= 0.6 is 12.4 Å². The number of hydrogen-bond acceptors (Lipinski definition) is 1. The van der Waals surface area contributed by atoms with Gasteiger partial charge in [-0.1, -0.05) is 40.5 Å². The number of rotatable bonds is 0. The van der Waals surface area contributed by atoms with Crippen LogP contribution in [0.3, 0.4) is 0 Å². The number of ketones is 1. The quantitative estimate of drug-likeness (QED) is 0.602. The van der Waals surface area contributed by atoms with Gasteiger partial charge >= 0.3 is 0 Å². The van der Waals surface area contributed by atoms with E-state index in [0.29, 0.717) is 16.6 Å². The topological polar surface area (TPSA) is 17.1 Å². The molecule has 0 aromatic heterocycles. The van der Waals surface area contributed by atoms with Crippen molar-refractivity contribution in [3.8, 4) is 0 Å². The zero-order valence-electron chi connectivity index (χ0n) is 11.3. The molecule has 2 rings (SSSR count). The Kier molecular flexibility index (Phi) is 6.03. The Bertz CT molecular complexity index is 223. The Balaban J connectivity index is 0.000000267. The second-order valence-corrected chi connectivity index (χ2v) is 6.75. The molecule has 0 atom stereocenters. The third-order valence-electron chi connectivity index (χ3n) is 3.71. The summed E-state index contributed by atoms with van der Waals surface area (Å²) in [4.78, 5) is 10.7. The zero-order chi connectivity index (χ0) is 11.5. The molecule has 0 aromatic rings. The van der Waals surface area contributed by atoms with Crippen LogP contribution in [0.2, 0.25) is 0 Å². The fourth-order valence-corrected chi connectivity index (χ4v) is 2.52. The molecule has 0 N–H and O–H groups in total. The van der Waals surface area contributed by atoms with E-state index in [0.717, 1.165) is 19.3 Å². The van der Waals surface area contributed by atoms with Gasteiger partial charge in [0.15, 0.2) is 0 Å². The summed E-state index contributed by atoms with van der Waals surface area (Å²) >= 11 is 0. The number of halogens is 1. The first-order valence-corrected chi connectivity index (χ1v) is 6.33. The van der Waals surface area contributed by atoms with E-state index in [2.05, 4.69) is 27.7 Å². The molecular formula is C14H27ClO. The lowest BCUT2D eigenvalue weighted by Crippen LogP contribution is -2.04. The van der Waals surface area contributed by atoms with E-state index in [-0.39, 0.29) is 12.4 Å². The van der Waals surface area contributed by atoms with E-state index in [1.54, 1.807) is 0 Å². The first-order valence-electron chi connectivity index (χ1n) is 6.33. The molecule has 0 amide bonds. The van der Waals surface area contributed by atoms with Crippen molar-refractivity contribution >= 4 is 18.2 Å². The summed E-state index contributed by atoms with van der Waals surface area (Å²) < 4.78 is 0. The Labute approximate surface area is 107 Å². The lowest BCUT2D eigenvalue weighted by Gasteiger charge is -2.13. The summed E-state index contributed by atoms with van der Waals surface area (Å²) in [5.41, 5.74) is 1.01. The average Bonchev–Trinajstić information content (AvgIpc) is 2.59. The van der Waals surface area contributed by atoms with Gasteiger partial charge in [-0.05, 0) is 30.1 Å². The van der Waals surface area contributed by atoms with E-state index < -0.39 is 0 Å². The third kappa shape index (κ3) is 5.89. The first-order chi connectivity index (χ1) is 6.81. The molecule has 96 valence electrons. The average molecular weight is 247 g/mol. The van der Waals surface area contributed by atoms with Gasteiger partial charge in [-0.15, -0.1) is 12.4 Å². The summed E-state index contributed by atoms with van der Waals surface area (Å²) in [6, 6.07) is 0. The fourth-order valence-electron chi connectivity index (χ4n) is 2.52. The van der Waals surface area contributed by atoms with Crippen LogP contribution in [0.1, 0.15) is 72.6 Å². The third-order valence-corrected chi connectivity index (χ3v) is 3.71. The van der Waals surface area contributed by atoms with Crippen LogP contribution in [0.15, 0.2) is 0 Å². The van der Waals surface area contributed by atoms with Crippen LogP contribution < -0.4 is 0 Å². The minimum Gasteiger partial charge on any atom is -0.300 e. The molecule has 0 aliphatic heterocycles. The SMILES string of the molecule is CC1(C)CCC(=O)C1.CC1(C)CCCC1.Cl. The summed E-state index contributed by atoms with van der Waals surface area (Å²) in [6.45, 7) is 9.02. The molecule has 0 saturated heterocycles. The van der Waals surface area contributed by atoms with Gasteiger partial charge in [0.1, 0.15) is 5.78 Å². The lowest BCUT2D eigenvalue weighted by molar-refractivity contribution is -0.117. The van der Waals surface area contributed by atoms with Crippen molar-refractivity contribution < 1.29 is 4.79 Å². The molecule has 0 aromatic carbocycles. The standard InChI is InChI=1S/C7H12O.C7H14.ClH/c1-7(2)4-3-6(8)5-7;1-7(2)5-3-4-6-7;/h3-5H2,1-2H3;3-6H2,1-2H3;1H. The van der Waals surface area contributed by atoms with Crippen LogP contribution in [0.5, 0.6) is 0 Å². The van der Waals surface area contributed by atoms with Gasteiger partial charge in [-0.3, -0.25) is 4.79 Å². The summed E-state index contributed by atoms with van der Waals surface area (Å²) in [7, 11) is 0. The molecule has 0 radical (unpaired) electrons. The Morgan fingerprint density at radius 2 is 1.38 bits per heavy atom. The van der Waals surface area contributed by atoms with Crippen LogP contribution in [-0.2, 0) is 4.79 Å². The monoisotopic (exact) mass is 246 g/mol. The minimum atomic E-state index is 0. The van der Waals surface area contributed by atoms with E-state index in [1.807, 2.05) is 0 Å². The maximum Gasteiger partial charge on any atom is 0.133 e. The Morgan fingerprint density at radius 3 is 1.50 bits per heavy atom. The van der Waals surface area contributed by atoms with Crippen LogP contribution in [0.4, 0.5) is 0 Å². The van der Waals surface area contributed by atoms with Gasteiger partial charge in [-0.25, -0.2) is 0 Å². The summed E-state index contributed by atoms with van der Waals surface area (Å²) in [5, 5.41) is 0. The van der Waals surface area contributed by atoms with Crippen molar-refractivity contribution in [3.05, 3.63) is 0 Å². The maximum absolute atomic E-state index is 10.7. The van der Waals surface area contributed by atoms with Crippen molar-refractivity contribution in [2.75, 3.05) is 0 Å². The summed E-state index contributed by atoms with van der Waals surface area (Å²) in [5.74, 6) is 0.440. The van der Waals surface area contributed by atoms with Crippen LogP contribution in [0.25, 0.3) is 0 Å².